The molecule has 1 aromatic carbocycles. The van der Waals surface area contributed by atoms with Gasteiger partial charge in [-0.3, -0.25) is 14.9 Å². The fourth-order valence-corrected chi connectivity index (χ4v) is 3.74. The van der Waals surface area contributed by atoms with Gasteiger partial charge in [0.15, 0.2) is 0 Å². The van der Waals surface area contributed by atoms with Crippen molar-refractivity contribution in [1.29, 1.82) is 0 Å². The first-order valence-electron chi connectivity index (χ1n) is 10.3. The third kappa shape index (κ3) is 11.6. The van der Waals surface area contributed by atoms with Crippen molar-refractivity contribution in [3.63, 3.8) is 0 Å². The average molecular weight is 455 g/mol. The number of carboxylic acid groups (broad SMARTS) is 1. The Balaban J connectivity index is 2.77. The van der Waals surface area contributed by atoms with Crippen LogP contribution in [0.3, 0.4) is 0 Å². The molecule has 1 aromatic rings. The molecule has 174 valence electrons. The second-order valence-electron chi connectivity index (χ2n) is 8.10. The number of carboxylic acids is 1. The number of esters is 1. The summed E-state index contributed by atoms with van der Waals surface area (Å²) in [4.78, 5) is 35.7. The van der Waals surface area contributed by atoms with Crippen molar-refractivity contribution in [2.75, 3.05) is 18.1 Å². The highest BCUT2D eigenvalue weighted by atomic mass is 32.2. The Bertz CT molecular complexity index is 708. The number of benzene rings is 1. The van der Waals surface area contributed by atoms with Crippen LogP contribution >= 0.6 is 11.8 Å². The molecule has 0 aliphatic heterocycles. The molecule has 0 bridgehead atoms. The van der Waals surface area contributed by atoms with Crippen LogP contribution in [0.5, 0.6) is 0 Å². The molecule has 0 aromatic heterocycles. The third-order valence-corrected chi connectivity index (χ3v) is 5.25. The summed E-state index contributed by atoms with van der Waals surface area (Å²) in [6.07, 6.45) is 0.0874. The molecule has 31 heavy (non-hydrogen) atoms. The Labute approximate surface area is 188 Å². The number of nitrogens with one attached hydrogen (secondary N) is 2. The number of amides is 1. The lowest BCUT2D eigenvalue weighted by Crippen LogP contribution is -2.48. The van der Waals surface area contributed by atoms with Crippen molar-refractivity contribution >= 4 is 29.8 Å². The Morgan fingerprint density at radius 2 is 1.77 bits per heavy atom. The van der Waals surface area contributed by atoms with Gasteiger partial charge < -0.3 is 19.9 Å². The van der Waals surface area contributed by atoms with Crippen molar-refractivity contribution in [2.45, 2.75) is 64.8 Å². The van der Waals surface area contributed by atoms with Gasteiger partial charge in [-0.05, 0) is 46.6 Å². The van der Waals surface area contributed by atoms with Crippen molar-refractivity contribution in [3.8, 4) is 0 Å². The van der Waals surface area contributed by atoms with Gasteiger partial charge in [-0.15, -0.1) is 0 Å². The molecule has 3 N–H and O–H groups in total. The second-order valence-corrected chi connectivity index (χ2v) is 9.18. The molecular formula is C22H34N2O6S. The van der Waals surface area contributed by atoms with Crippen LogP contribution < -0.4 is 10.6 Å². The molecule has 0 heterocycles. The van der Waals surface area contributed by atoms with Gasteiger partial charge in [0.1, 0.15) is 17.7 Å². The van der Waals surface area contributed by atoms with Crippen molar-refractivity contribution in [1.82, 2.24) is 10.6 Å². The van der Waals surface area contributed by atoms with Crippen LogP contribution in [0.25, 0.3) is 0 Å². The monoisotopic (exact) mass is 454 g/mol. The van der Waals surface area contributed by atoms with E-state index >= 15 is 0 Å². The van der Waals surface area contributed by atoms with Gasteiger partial charge in [-0.2, -0.15) is 11.8 Å². The van der Waals surface area contributed by atoms with Gasteiger partial charge in [0.2, 0.25) is 0 Å². The maximum Gasteiger partial charge on any atom is 0.407 e. The molecule has 0 saturated carbocycles. The summed E-state index contributed by atoms with van der Waals surface area (Å²) < 4.78 is 10.4. The SMILES string of the molecule is CCOC(=O)[C@H](CSCC(Cc1ccccc1)NC(=O)OC(C)(C)C)NC(C)C(=O)O. The maximum atomic E-state index is 12.3. The van der Waals surface area contributed by atoms with Crippen LogP contribution in [-0.2, 0) is 25.5 Å². The molecule has 3 atom stereocenters. The van der Waals surface area contributed by atoms with Crippen LogP contribution in [0.1, 0.15) is 40.2 Å². The molecule has 0 fully saturated rings. The van der Waals surface area contributed by atoms with Crippen molar-refractivity contribution in [3.05, 3.63) is 35.9 Å². The number of aliphatic carboxylic acids is 1. The summed E-state index contributed by atoms with van der Waals surface area (Å²) in [5.74, 6) is -0.735. The highest BCUT2D eigenvalue weighted by molar-refractivity contribution is 7.99. The van der Waals surface area contributed by atoms with E-state index in [4.69, 9.17) is 14.6 Å². The summed E-state index contributed by atoms with van der Waals surface area (Å²) in [6, 6.07) is 7.85. The van der Waals surface area contributed by atoms with Crippen LogP contribution in [0, 0.1) is 0 Å². The minimum Gasteiger partial charge on any atom is -0.480 e. The van der Waals surface area contributed by atoms with E-state index in [1.165, 1.54) is 18.7 Å². The van der Waals surface area contributed by atoms with Gasteiger partial charge in [0.05, 0.1) is 6.61 Å². The van der Waals surface area contributed by atoms with Gasteiger partial charge in [0, 0.05) is 17.5 Å². The van der Waals surface area contributed by atoms with Crippen LogP contribution in [0.4, 0.5) is 4.79 Å². The largest absolute Gasteiger partial charge is 0.480 e. The molecule has 2 unspecified atom stereocenters. The lowest BCUT2D eigenvalue weighted by atomic mass is 10.1. The lowest BCUT2D eigenvalue weighted by Gasteiger charge is -2.24. The van der Waals surface area contributed by atoms with Gasteiger partial charge in [-0.1, -0.05) is 30.3 Å². The highest BCUT2D eigenvalue weighted by Crippen LogP contribution is 2.13. The van der Waals surface area contributed by atoms with E-state index in [9.17, 15) is 14.4 Å². The Kier molecular flexibility index (Phi) is 11.4. The standard InChI is InChI=1S/C22H34N2O6S/c1-6-29-20(27)18(23-15(2)19(25)26)14-31-13-17(12-16-10-8-7-9-11-16)24-21(28)30-22(3,4)5/h7-11,15,17-18,23H,6,12-14H2,1-5H3,(H,24,28)(H,25,26)/t15?,17?,18-/m0/s1. The number of thioether (sulfide) groups is 1. The molecular weight excluding hydrogens is 420 g/mol. The van der Waals surface area contributed by atoms with Gasteiger partial charge in [-0.25, -0.2) is 4.79 Å². The smallest absolute Gasteiger partial charge is 0.407 e. The number of hydrogen-bond donors (Lipinski definition) is 3. The molecule has 0 aliphatic rings. The minimum atomic E-state index is -1.05. The summed E-state index contributed by atoms with van der Waals surface area (Å²) >= 11 is 1.43. The van der Waals surface area contributed by atoms with Crippen LogP contribution in [0.15, 0.2) is 30.3 Å². The molecule has 9 heteroatoms. The van der Waals surface area contributed by atoms with Crippen molar-refractivity contribution in [2.24, 2.45) is 0 Å². The molecule has 8 nitrogen and oxygen atoms in total. The van der Waals surface area contributed by atoms with Crippen molar-refractivity contribution < 1.29 is 29.0 Å². The minimum absolute atomic E-state index is 0.208. The summed E-state index contributed by atoms with van der Waals surface area (Å²) in [6.45, 7) is 8.77. The van der Waals surface area contributed by atoms with E-state index in [1.807, 2.05) is 30.3 Å². The molecule has 0 radical (unpaired) electrons. The number of carbonyl (C=O) groups excluding carboxylic acids is 2. The molecule has 1 rings (SSSR count). The van der Waals surface area contributed by atoms with Gasteiger partial charge >= 0.3 is 18.0 Å². The number of alkyl carbamates (subject to hydrolysis) is 1. The quantitative estimate of drug-likeness (QED) is 0.413. The van der Waals surface area contributed by atoms with Gasteiger partial charge in [0.25, 0.3) is 0 Å². The van der Waals surface area contributed by atoms with E-state index in [1.54, 1.807) is 27.7 Å². The van der Waals surface area contributed by atoms with Crippen LogP contribution in [-0.4, -0.2) is 65.0 Å². The number of rotatable bonds is 12. The highest BCUT2D eigenvalue weighted by Gasteiger charge is 2.26. The molecule has 1 amide bonds. The molecule has 0 saturated heterocycles. The predicted molar refractivity (Wildman–Crippen MR) is 121 cm³/mol. The second kappa shape index (κ2) is 13.2. The zero-order chi connectivity index (χ0) is 23.4. The van der Waals surface area contributed by atoms with E-state index in [0.717, 1.165) is 5.56 Å². The summed E-state index contributed by atoms with van der Waals surface area (Å²) in [5, 5.41) is 14.8. The number of carbonyl (C=O) groups is 3. The van der Waals surface area contributed by atoms with Crippen LogP contribution in [0.2, 0.25) is 0 Å². The fourth-order valence-electron chi connectivity index (χ4n) is 2.65. The first-order valence-corrected chi connectivity index (χ1v) is 11.4. The number of ether oxygens (including phenoxy) is 2. The van der Waals surface area contributed by atoms with E-state index in [0.29, 0.717) is 17.9 Å². The Morgan fingerprint density at radius 1 is 1.13 bits per heavy atom. The molecule has 0 aliphatic carbocycles. The zero-order valence-corrected chi connectivity index (χ0v) is 19.7. The predicted octanol–water partition coefficient (Wildman–Crippen LogP) is 2.85. The Morgan fingerprint density at radius 3 is 2.32 bits per heavy atom. The molecule has 0 spiro atoms. The Hall–Kier alpha value is -2.26. The van der Waals surface area contributed by atoms with E-state index in [-0.39, 0.29) is 12.6 Å². The summed E-state index contributed by atoms with van der Waals surface area (Å²) in [5.41, 5.74) is 0.448. The average Bonchev–Trinajstić information content (AvgIpc) is 2.66. The zero-order valence-electron chi connectivity index (χ0n) is 18.8. The first-order chi connectivity index (χ1) is 14.5. The first kappa shape index (κ1) is 26.8. The third-order valence-electron chi connectivity index (χ3n) is 4.04. The summed E-state index contributed by atoms with van der Waals surface area (Å²) in [7, 11) is 0. The normalized spacial score (nSPS) is 14.2. The maximum absolute atomic E-state index is 12.3. The van der Waals surface area contributed by atoms with E-state index in [2.05, 4.69) is 10.6 Å². The fraction of sp³-hybridized carbons (Fsp3) is 0.591. The lowest BCUT2D eigenvalue weighted by molar-refractivity contribution is -0.146. The number of hydrogen-bond acceptors (Lipinski definition) is 7. The van der Waals surface area contributed by atoms with E-state index < -0.39 is 35.7 Å². The topological polar surface area (TPSA) is 114 Å².